The molecule has 0 radical (unpaired) electrons. The fourth-order valence-corrected chi connectivity index (χ4v) is 3.43. The summed E-state index contributed by atoms with van der Waals surface area (Å²) < 4.78 is 19.5. The van der Waals surface area contributed by atoms with Gasteiger partial charge in [0.15, 0.2) is 11.6 Å². The molecule has 0 spiro atoms. The number of benzene rings is 1. The lowest BCUT2D eigenvalue weighted by Crippen LogP contribution is -2.40. The van der Waals surface area contributed by atoms with Gasteiger partial charge in [0.25, 0.3) is 0 Å². The lowest BCUT2D eigenvalue weighted by atomic mass is 9.73. The second-order valence-electron chi connectivity index (χ2n) is 5.39. The van der Waals surface area contributed by atoms with Crippen molar-refractivity contribution in [1.29, 1.82) is 0 Å². The van der Waals surface area contributed by atoms with Gasteiger partial charge in [0, 0.05) is 5.56 Å². The molecule has 106 valence electrons. The van der Waals surface area contributed by atoms with Crippen LogP contribution in [0.2, 0.25) is 0 Å². The third kappa shape index (κ3) is 2.47. The first kappa shape index (κ1) is 14.3. The second kappa shape index (κ2) is 5.88. The number of rotatable bonds is 5. The monoisotopic (exact) mass is 266 g/mol. The van der Waals surface area contributed by atoms with Crippen molar-refractivity contribution in [2.45, 2.75) is 45.1 Å². The zero-order valence-electron chi connectivity index (χ0n) is 11.7. The number of ether oxygens (including phenoxy) is 1. The first-order valence-corrected chi connectivity index (χ1v) is 6.97. The van der Waals surface area contributed by atoms with Crippen molar-refractivity contribution in [1.82, 2.24) is 5.43 Å². The van der Waals surface area contributed by atoms with E-state index in [1.54, 1.807) is 12.1 Å². The minimum absolute atomic E-state index is 0.0575. The van der Waals surface area contributed by atoms with Crippen LogP contribution >= 0.6 is 0 Å². The van der Waals surface area contributed by atoms with Crippen molar-refractivity contribution in [3.8, 4) is 5.75 Å². The van der Waals surface area contributed by atoms with Gasteiger partial charge in [0.1, 0.15) is 0 Å². The van der Waals surface area contributed by atoms with Crippen molar-refractivity contribution in [2.24, 2.45) is 11.3 Å². The van der Waals surface area contributed by atoms with Gasteiger partial charge in [-0.15, -0.1) is 0 Å². The summed E-state index contributed by atoms with van der Waals surface area (Å²) in [5, 5.41) is 0. The van der Waals surface area contributed by atoms with Crippen LogP contribution in [-0.2, 0) is 0 Å². The van der Waals surface area contributed by atoms with Crippen molar-refractivity contribution in [3.63, 3.8) is 0 Å². The number of nitrogens with two attached hydrogens (primary N) is 1. The van der Waals surface area contributed by atoms with Crippen LogP contribution in [0.1, 0.15) is 50.6 Å². The van der Waals surface area contributed by atoms with E-state index < -0.39 is 0 Å². The lowest BCUT2D eigenvalue weighted by Gasteiger charge is -2.37. The van der Waals surface area contributed by atoms with Crippen LogP contribution < -0.4 is 16.0 Å². The van der Waals surface area contributed by atoms with E-state index in [1.165, 1.54) is 20.0 Å². The van der Waals surface area contributed by atoms with Crippen molar-refractivity contribution in [2.75, 3.05) is 7.11 Å². The van der Waals surface area contributed by atoms with E-state index >= 15 is 0 Å². The molecule has 1 aromatic rings. The molecule has 1 aliphatic rings. The smallest absolute Gasteiger partial charge is 0.169 e. The maximum atomic E-state index is 14.4. The molecule has 1 saturated carbocycles. The summed E-state index contributed by atoms with van der Waals surface area (Å²) in [6.07, 6.45) is 5.57. The Morgan fingerprint density at radius 2 is 2.11 bits per heavy atom. The van der Waals surface area contributed by atoms with Crippen LogP contribution in [-0.4, -0.2) is 7.11 Å². The molecule has 19 heavy (non-hydrogen) atoms. The standard InChI is InChI=1S/C15H23FN2O/c1-3-15(9-4-5-10-15)14(18-17)11-7-6-8-12(19-2)13(11)16/h6-8,14,18H,3-5,9-10,17H2,1-2H3. The van der Waals surface area contributed by atoms with Crippen molar-refractivity contribution < 1.29 is 9.13 Å². The number of hydrogen-bond donors (Lipinski definition) is 2. The van der Waals surface area contributed by atoms with E-state index in [1.807, 2.05) is 6.07 Å². The molecule has 1 aliphatic carbocycles. The predicted octanol–water partition coefficient (Wildman–Crippen LogP) is 3.31. The maximum Gasteiger partial charge on any atom is 0.169 e. The topological polar surface area (TPSA) is 47.3 Å². The Labute approximate surface area is 114 Å². The molecule has 4 heteroatoms. The fourth-order valence-electron chi connectivity index (χ4n) is 3.43. The van der Waals surface area contributed by atoms with Gasteiger partial charge in [0.05, 0.1) is 13.2 Å². The molecule has 0 heterocycles. The first-order valence-electron chi connectivity index (χ1n) is 6.97. The minimum atomic E-state index is -0.298. The summed E-state index contributed by atoms with van der Waals surface area (Å²) in [5.41, 5.74) is 3.52. The quantitative estimate of drug-likeness (QED) is 0.635. The van der Waals surface area contributed by atoms with Crippen molar-refractivity contribution in [3.05, 3.63) is 29.6 Å². The Morgan fingerprint density at radius 1 is 1.42 bits per heavy atom. The molecule has 1 unspecified atom stereocenters. The Bertz CT molecular complexity index is 430. The molecule has 0 amide bonds. The lowest BCUT2D eigenvalue weighted by molar-refractivity contribution is 0.183. The van der Waals surface area contributed by atoms with Crippen LogP contribution in [0.4, 0.5) is 4.39 Å². The predicted molar refractivity (Wildman–Crippen MR) is 74.2 cm³/mol. The number of hydrogen-bond acceptors (Lipinski definition) is 3. The first-order chi connectivity index (χ1) is 9.18. The molecule has 3 nitrogen and oxygen atoms in total. The van der Waals surface area contributed by atoms with E-state index in [0.29, 0.717) is 5.56 Å². The highest BCUT2D eigenvalue weighted by molar-refractivity contribution is 5.34. The van der Waals surface area contributed by atoms with Gasteiger partial charge >= 0.3 is 0 Å². The fraction of sp³-hybridized carbons (Fsp3) is 0.600. The summed E-state index contributed by atoms with van der Waals surface area (Å²) in [5.74, 6) is 5.73. The number of nitrogens with one attached hydrogen (secondary N) is 1. The van der Waals surface area contributed by atoms with Gasteiger partial charge in [-0.2, -0.15) is 0 Å². The molecule has 3 N–H and O–H groups in total. The van der Waals surface area contributed by atoms with Crippen LogP contribution in [0, 0.1) is 11.2 Å². The summed E-state index contributed by atoms with van der Waals surface area (Å²) in [4.78, 5) is 0. The zero-order chi connectivity index (χ0) is 13.9. The van der Waals surface area contributed by atoms with Gasteiger partial charge in [-0.1, -0.05) is 31.9 Å². The molecule has 1 atom stereocenters. The van der Waals surface area contributed by atoms with Crippen LogP contribution in [0.15, 0.2) is 18.2 Å². The average Bonchev–Trinajstić information content (AvgIpc) is 2.91. The largest absolute Gasteiger partial charge is 0.494 e. The van der Waals surface area contributed by atoms with E-state index in [2.05, 4.69) is 12.3 Å². The highest BCUT2D eigenvalue weighted by atomic mass is 19.1. The highest BCUT2D eigenvalue weighted by Crippen LogP contribution is 2.50. The number of methoxy groups -OCH3 is 1. The Morgan fingerprint density at radius 3 is 2.63 bits per heavy atom. The molecule has 0 saturated heterocycles. The van der Waals surface area contributed by atoms with E-state index in [0.717, 1.165) is 19.3 Å². The highest BCUT2D eigenvalue weighted by Gasteiger charge is 2.41. The van der Waals surface area contributed by atoms with Gasteiger partial charge < -0.3 is 4.74 Å². The number of hydrazine groups is 1. The normalized spacial score (nSPS) is 19.4. The average molecular weight is 266 g/mol. The molecular weight excluding hydrogens is 243 g/mol. The summed E-state index contributed by atoms with van der Waals surface area (Å²) in [6, 6.07) is 5.10. The number of halogens is 1. The van der Waals surface area contributed by atoms with Crippen molar-refractivity contribution >= 4 is 0 Å². The summed E-state index contributed by atoms with van der Waals surface area (Å²) in [6.45, 7) is 2.16. The van der Waals surface area contributed by atoms with Crippen LogP contribution in [0.5, 0.6) is 5.75 Å². The van der Waals surface area contributed by atoms with Crippen LogP contribution in [0.25, 0.3) is 0 Å². The zero-order valence-corrected chi connectivity index (χ0v) is 11.7. The molecule has 0 aliphatic heterocycles. The van der Waals surface area contributed by atoms with Gasteiger partial charge in [-0.05, 0) is 30.7 Å². The molecule has 1 fully saturated rings. The maximum absolute atomic E-state index is 14.4. The third-order valence-electron chi connectivity index (χ3n) is 4.61. The Hall–Kier alpha value is -1.13. The van der Waals surface area contributed by atoms with Gasteiger partial charge in [-0.3, -0.25) is 11.3 Å². The third-order valence-corrected chi connectivity index (χ3v) is 4.61. The van der Waals surface area contributed by atoms with Crippen LogP contribution in [0.3, 0.4) is 0 Å². The Kier molecular flexibility index (Phi) is 4.42. The van der Waals surface area contributed by atoms with E-state index in [-0.39, 0.29) is 23.0 Å². The van der Waals surface area contributed by atoms with E-state index in [9.17, 15) is 4.39 Å². The molecule has 0 aromatic heterocycles. The van der Waals surface area contributed by atoms with Gasteiger partial charge in [-0.25, -0.2) is 4.39 Å². The Balaban J connectivity index is 2.42. The van der Waals surface area contributed by atoms with Gasteiger partial charge in [0.2, 0.25) is 0 Å². The molecule has 2 rings (SSSR count). The molecule has 1 aromatic carbocycles. The summed E-state index contributed by atoms with van der Waals surface area (Å²) >= 11 is 0. The summed E-state index contributed by atoms with van der Waals surface area (Å²) in [7, 11) is 1.48. The SMILES string of the molecule is CCC1(C(NN)c2cccc(OC)c2F)CCCC1. The molecule has 0 bridgehead atoms. The molecular formula is C15H23FN2O. The second-order valence-corrected chi connectivity index (χ2v) is 5.39. The van der Waals surface area contributed by atoms with E-state index in [4.69, 9.17) is 10.6 Å². The minimum Gasteiger partial charge on any atom is -0.494 e.